The summed E-state index contributed by atoms with van der Waals surface area (Å²) in [5.74, 6) is -2.03. The molecule has 0 atom stereocenters. The first-order chi connectivity index (χ1) is 6.07. The van der Waals surface area contributed by atoms with E-state index in [1.807, 2.05) is 0 Å². The Kier molecular flexibility index (Phi) is 3.11. The molecule has 0 aliphatic carbocycles. The van der Waals surface area contributed by atoms with E-state index < -0.39 is 17.3 Å². The number of hydrogen-bond donors (Lipinski definition) is 3. The Hall–Kier alpha value is -0.810. The SMILES string of the molecule is NCCc1c(Br)cc(F)c(O)c1O. The molecule has 72 valence electrons. The minimum Gasteiger partial charge on any atom is -0.504 e. The van der Waals surface area contributed by atoms with Crippen LogP contribution in [0.3, 0.4) is 0 Å². The van der Waals surface area contributed by atoms with Gasteiger partial charge in [0.15, 0.2) is 17.3 Å². The number of phenolic OH excluding ortho intramolecular Hbond substituents is 2. The van der Waals surface area contributed by atoms with Crippen molar-refractivity contribution in [1.29, 1.82) is 0 Å². The maximum atomic E-state index is 12.8. The summed E-state index contributed by atoms with van der Waals surface area (Å²) in [6, 6.07) is 1.10. The van der Waals surface area contributed by atoms with Gasteiger partial charge in [-0.2, -0.15) is 0 Å². The monoisotopic (exact) mass is 249 g/mol. The van der Waals surface area contributed by atoms with Crippen LogP contribution in [0.25, 0.3) is 0 Å². The van der Waals surface area contributed by atoms with Crippen molar-refractivity contribution in [3.05, 3.63) is 21.9 Å². The molecule has 0 fully saturated rings. The quantitative estimate of drug-likeness (QED) is 0.697. The Bertz CT molecular complexity index is 330. The molecule has 3 nitrogen and oxygen atoms in total. The van der Waals surface area contributed by atoms with E-state index in [0.29, 0.717) is 23.0 Å². The van der Waals surface area contributed by atoms with Crippen molar-refractivity contribution in [3.63, 3.8) is 0 Å². The number of benzene rings is 1. The second-order valence-corrected chi connectivity index (χ2v) is 3.41. The van der Waals surface area contributed by atoms with E-state index in [2.05, 4.69) is 15.9 Å². The molecular weight excluding hydrogens is 241 g/mol. The topological polar surface area (TPSA) is 66.5 Å². The van der Waals surface area contributed by atoms with Gasteiger partial charge in [-0.25, -0.2) is 4.39 Å². The minimum atomic E-state index is -0.856. The highest BCUT2D eigenvalue weighted by Crippen LogP contribution is 2.36. The fraction of sp³-hybridized carbons (Fsp3) is 0.250. The maximum absolute atomic E-state index is 12.8. The Morgan fingerprint density at radius 2 is 2.00 bits per heavy atom. The van der Waals surface area contributed by atoms with Crippen LogP contribution in [0.4, 0.5) is 4.39 Å². The normalized spacial score (nSPS) is 10.4. The Balaban J connectivity index is 3.26. The van der Waals surface area contributed by atoms with E-state index in [4.69, 9.17) is 10.8 Å². The van der Waals surface area contributed by atoms with Crippen molar-refractivity contribution in [3.8, 4) is 11.5 Å². The average Bonchev–Trinajstić information content (AvgIpc) is 2.09. The molecule has 0 aliphatic rings. The molecule has 0 radical (unpaired) electrons. The number of halogens is 2. The summed E-state index contributed by atoms with van der Waals surface area (Å²) in [5, 5.41) is 18.4. The van der Waals surface area contributed by atoms with E-state index in [1.165, 1.54) is 0 Å². The van der Waals surface area contributed by atoms with Crippen LogP contribution in [-0.2, 0) is 6.42 Å². The Morgan fingerprint density at radius 3 is 2.54 bits per heavy atom. The number of nitrogens with two attached hydrogens (primary N) is 1. The van der Waals surface area contributed by atoms with Gasteiger partial charge >= 0.3 is 0 Å². The van der Waals surface area contributed by atoms with Crippen LogP contribution >= 0.6 is 15.9 Å². The van der Waals surface area contributed by atoms with Crippen LogP contribution < -0.4 is 5.73 Å². The van der Waals surface area contributed by atoms with Crippen LogP contribution in [0.1, 0.15) is 5.56 Å². The predicted octanol–water partition coefficient (Wildman–Crippen LogP) is 1.50. The zero-order valence-electron chi connectivity index (χ0n) is 6.72. The van der Waals surface area contributed by atoms with Crippen LogP contribution in [0.15, 0.2) is 10.5 Å². The van der Waals surface area contributed by atoms with Gasteiger partial charge in [0.2, 0.25) is 0 Å². The molecule has 0 aliphatic heterocycles. The molecular formula is C8H9BrFNO2. The highest BCUT2D eigenvalue weighted by atomic mass is 79.9. The van der Waals surface area contributed by atoms with Crippen molar-refractivity contribution in [2.24, 2.45) is 5.73 Å². The summed E-state index contributed by atoms with van der Waals surface area (Å²) in [4.78, 5) is 0. The molecule has 0 amide bonds. The standard InChI is InChI=1S/C8H9BrFNO2/c9-5-3-6(10)8(13)7(12)4(5)1-2-11/h3,12-13H,1-2,11H2. The fourth-order valence-electron chi connectivity index (χ4n) is 1.02. The molecule has 1 aromatic rings. The van der Waals surface area contributed by atoms with Crippen LogP contribution in [0.2, 0.25) is 0 Å². The smallest absolute Gasteiger partial charge is 0.194 e. The van der Waals surface area contributed by atoms with Crippen molar-refractivity contribution in [1.82, 2.24) is 0 Å². The molecule has 0 saturated heterocycles. The third-order valence-electron chi connectivity index (χ3n) is 1.67. The second-order valence-electron chi connectivity index (χ2n) is 2.55. The van der Waals surface area contributed by atoms with Crippen molar-refractivity contribution in [2.45, 2.75) is 6.42 Å². The van der Waals surface area contributed by atoms with Gasteiger partial charge in [-0.1, -0.05) is 15.9 Å². The third kappa shape index (κ3) is 1.92. The average molecular weight is 250 g/mol. The summed E-state index contributed by atoms with van der Waals surface area (Å²) in [6.45, 7) is 0.317. The molecule has 5 heteroatoms. The first kappa shape index (κ1) is 10.3. The van der Waals surface area contributed by atoms with Crippen LogP contribution in [-0.4, -0.2) is 16.8 Å². The second kappa shape index (κ2) is 3.93. The number of rotatable bonds is 2. The molecule has 0 heterocycles. The molecule has 1 rings (SSSR count). The number of hydrogen-bond acceptors (Lipinski definition) is 3. The van der Waals surface area contributed by atoms with Crippen molar-refractivity contribution >= 4 is 15.9 Å². The molecule has 4 N–H and O–H groups in total. The molecule has 0 unspecified atom stereocenters. The zero-order chi connectivity index (χ0) is 10.0. The predicted molar refractivity (Wildman–Crippen MR) is 50.2 cm³/mol. The van der Waals surface area contributed by atoms with Crippen molar-refractivity contribution < 1.29 is 14.6 Å². The summed E-state index contributed by atoms with van der Waals surface area (Å²) in [7, 11) is 0. The lowest BCUT2D eigenvalue weighted by Gasteiger charge is -2.08. The van der Waals surface area contributed by atoms with Crippen LogP contribution in [0.5, 0.6) is 11.5 Å². The number of aromatic hydroxyl groups is 2. The molecule has 13 heavy (non-hydrogen) atoms. The van der Waals surface area contributed by atoms with Gasteiger partial charge in [-0.05, 0) is 19.0 Å². The Labute approximate surface area is 83.1 Å². The molecule has 0 bridgehead atoms. The first-order valence-corrected chi connectivity index (χ1v) is 4.46. The summed E-state index contributed by atoms with van der Waals surface area (Å²) < 4.78 is 13.2. The molecule has 0 saturated carbocycles. The molecule has 1 aromatic carbocycles. The molecule has 0 spiro atoms. The largest absolute Gasteiger partial charge is 0.504 e. The fourth-order valence-corrected chi connectivity index (χ4v) is 1.61. The summed E-state index contributed by atoms with van der Waals surface area (Å²) in [6.07, 6.45) is 0.375. The van der Waals surface area contributed by atoms with E-state index in [-0.39, 0.29) is 0 Å². The minimum absolute atomic E-state index is 0.317. The Morgan fingerprint density at radius 1 is 1.38 bits per heavy atom. The summed E-state index contributed by atoms with van der Waals surface area (Å²) >= 11 is 3.07. The lowest BCUT2D eigenvalue weighted by molar-refractivity contribution is 0.375. The first-order valence-electron chi connectivity index (χ1n) is 3.66. The highest BCUT2D eigenvalue weighted by Gasteiger charge is 2.14. The zero-order valence-corrected chi connectivity index (χ0v) is 8.31. The lowest BCUT2D eigenvalue weighted by atomic mass is 10.1. The van der Waals surface area contributed by atoms with Crippen LogP contribution in [0, 0.1) is 5.82 Å². The van der Waals surface area contributed by atoms with E-state index in [1.54, 1.807) is 0 Å². The lowest BCUT2D eigenvalue weighted by Crippen LogP contribution is -2.04. The van der Waals surface area contributed by atoms with E-state index >= 15 is 0 Å². The van der Waals surface area contributed by atoms with Gasteiger partial charge in [0.05, 0.1) is 0 Å². The van der Waals surface area contributed by atoms with Gasteiger partial charge in [0.25, 0.3) is 0 Å². The van der Waals surface area contributed by atoms with Gasteiger partial charge in [0, 0.05) is 10.0 Å². The van der Waals surface area contributed by atoms with E-state index in [0.717, 1.165) is 6.07 Å². The van der Waals surface area contributed by atoms with E-state index in [9.17, 15) is 9.50 Å². The maximum Gasteiger partial charge on any atom is 0.194 e. The van der Waals surface area contributed by atoms with Gasteiger partial charge < -0.3 is 15.9 Å². The summed E-state index contributed by atoms with van der Waals surface area (Å²) in [5.41, 5.74) is 5.70. The molecule has 0 aromatic heterocycles. The highest BCUT2D eigenvalue weighted by molar-refractivity contribution is 9.10. The van der Waals surface area contributed by atoms with Gasteiger partial charge in [0.1, 0.15) is 0 Å². The third-order valence-corrected chi connectivity index (χ3v) is 2.38. The van der Waals surface area contributed by atoms with Gasteiger partial charge in [-0.15, -0.1) is 0 Å². The van der Waals surface area contributed by atoms with Crippen molar-refractivity contribution in [2.75, 3.05) is 6.54 Å². The number of phenols is 2. The van der Waals surface area contributed by atoms with Gasteiger partial charge in [-0.3, -0.25) is 0 Å².